The minimum Gasteiger partial charge on any atom is -0.0917 e. The normalized spacial score (nSPS) is 20.4. The van der Waals surface area contributed by atoms with Gasteiger partial charge in [0.05, 0.1) is 0 Å². The van der Waals surface area contributed by atoms with Crippen LogP contribution in [0.2, 0.25) is 0 Å². The standard InChI is InChI=1S/C12H22/c1-2-3-4-6-9-12-10-7-5-8-11-12/h2-3,12H,4-11H2,1H3/b3-2+. The highest BCUT2D eigenvalue weighted by Gasteiger charge is 2.11. The van der Waals surface area contributed by atoms with Crippen LogP contribution in [0.3, 0.4) is 0 Å². The first-order valence-electron chi connectivity index (χ1n) is 5.54. The van der Waals surface area contributed by atoms with Gasteiger partial charge < -0.3 is 0 Å². The van der Waals surface area contributed by atoms with Gasteiger partial charge in [0.1, 0.15) is 0 Å². The Morgan fingerprint density at radius 1 is 1.17 bits per heavy atom. The third-order valence-electron chi connectivity index (χ3n) is 2.94. The first-order chi connectivity index (χ1) is 5.93. The van der Waals surface area contributed by atoms with E-state index in [4.69, 9.17) is 0 Å². The molecule has 0 aliphatic heterocycles. The van der Waals surface area contributed by atoms with Crippen LogP contribution in [0.4, 0.5) is 0 Å². The summed E-state index contributed by atoms with van der Waals surface area (Å²) in [6.45, 7) is 2.11. The topological polar surface area (TPSA) is 0 Å². The highest BCUT2D eigenvalue weighted by atomic mass is 14.2. The molecule has 1 rings (SSSR count). The lowest BCUT2D eigenvalue weighted by atomic mass is 9.86. The van der Waals surface area contributed by atoms with E-state index in [1.54, 1.807) is 0 Å². The van der Waals surface area contributed by atoms with Gasteiger partial charge in [0, 0.05) is 0 Å². The first kappa shape index (κ1) is 9.83. The molecule has 0 aromatic heterocycles. The second kappa shape index (κ2) is 6.28. The minimum absolute atomic E-state index is 1.07. The molecule has 0 radical (unpaired) electrons. The smallest absolute Gasteiger partial charge is 0.0351 e. The molecule has 1 aliphatic rings. The van der Waals surface area contributed by atoms with Gasteiger partial charge in [-0.25, -0.2) is 0 Å². The van der Waals surface area contributed by atoms with Crippen molar-refractivity contribution in [1.29, 1.82) is 0 Å². The molecule has 0 unspecified atom stereocenters. The molecule has 0 amide bonds. The van der Waals surface area contributed by atoms with Crippen molar-refractivity contribution < 1.29 is 0 Å². The summed E-state index contributed by atoms with van der Waals surface area (Å²) in [5, 5.41) is 0. The Balaban J connectivity index is 1.97. The summed E-state index contributed by atoms with van der Waals surface area (Å²) >= 11 is 0. The Labute approximate surface area is 77.1 Å². The van der Waals surface area contributed by atoms with Gasteiger partial charge in [-0.05, 0) is 25.7 Å². The number of unbranched alkanes of at least 4 members (excludes halogenated alkanes) is 1. The number of allylic oxidation sites excluding steroid dienone is 2. The second-order valence-electron chi connectivity index (χ2n) is 4.00. The van der Waals surface area contributed by atoms with Crippen molar-refractivity contribution in [2.75, 3.05) is 0 Å². The van der Waals surface area contributed by atoms with Crippen molar-refractivity contribution in [2.24, 2.45) is 5.92 Å². The first-order valence-corrected chi connectivity index (χ1v) is 5.54. The van der Waals surface area contributed by atoms with Crippen molar-refractivity contribution in [3.05, 3.63) is 12.2 Å². The Bertz CT molecular complexity index is 118. The van der Waals surface area contributed by atoms with E-state index < -0.39 is 0 Å². The molecule has 0 spiro atoms. The third-order valence-corrected chi connectivity index (χ3v) is 2.94. The van der Waals surface area contributed by atoms with Crippen LogP contribution in [0.5, 0.6) is 0 Å². The molecule has 0 saturated heterocycles. The molecule has 12 heavy (non-hydrogen) atoms. The Morgan fingerprint density at radius 3 is 2.58 bits per heavy atom. The number of rotatable bonds is 4. The van der Waals surface area contributed by atoms with Crippen LogP contribution in [-0.2, 0) is 0 Å². The maximum atomic E-state index is 2.29. The predicted octanol–water partition coefficient (Wildman–Crippen LogP) is 4.31. The van der Waals surface area contributed by atoms with E-state index in [9.17, 15) is 0 Å². The van der Waals surface area contributed by atoms with Crippen LogP contribution < -0.4 is 0 Å². The van der Waals surface area contributed by atoms with Gasteiger partial charge >= 0.3 is 0 Å². The van der Waals surface area contributed by atoms with Gasteiger partial charge in [-0.1, -0.05) is 50.7 Å². The average molecular weight is 166 g/mol. The van der Waals surface area contributed by atoms with Gasteiger partial charge in [0.15, 0.2) is 0 Å². The molecule has 1 fully saturated rings. The number of hydrogen-bond donors (Lipinski definition) is 0. The zero-order chi connectivity index (χ0) is 8.65. The van der Waals surface area contributed by atoms with Crippen molar-refractivity contribution in [3.8, 4) is 0 Å². The fourth-order valence-corrected chi connectivity index (χ4v) is 2.17. The summed E-state index contributed by atoms with van der Waals surface area (Å²) in [7, 11) is 0. The highest BCUT2D eigenvalue weighted by molar-refractivity contribution is 4.77. The summed E-state index contributed by atoms with van der Waals surface area (Å²) in [5.74, 6) is 1.07. The van der Waals surface area contributed by atoms with Gasteiger partial charge in [-0.3, -0.25) is 0 Å². The summed E-state index contributed by atoms with van der Waals surface area (Å²) in [5.41, 5.74) is 0. The van der Waals surface area contributed by atoms with E-state index >= 15 is 0 Å². The predicted molar refractivity (Wildman–Crippen MR) is 55.2 cm³/mol. The number of hydrogen-bond acceptors (Lipinski definition) is 0. The van der Waals surface area contributed by atoms with Gasteiger partial charge in [-0.15, -0.1) is 0 Å². The van der Waals surface area contributed by atoms with Crippen LogP contribution in [0.25, 0.3) is 0 Å². The van der Waals surface area contributed by atoms with E-state index in [-0.39, 0.29) is 0 Å². The quantitative estimate of drug-likeness (QED) is 0.431. The maximum Gasteiger partial charge on any atom is -0.0351 e. The second-order valence-corrected chi connectivity index (χ2v) is 4.00. The fraction of sp³-hybridized carbons (Fsp3) is 0.833. The zero-order valence-corrected chi connectivity index (χ0v) is 8.39. The summed E-state index contributed by atoms with van der Waals surface area (Å²) in [6.07, 6.45) is 16.1. The Morgan fingerprint density at radius 2 is 1.92 bits per heavy atom. The van der Waals surface area contributed by atoms with Crippen LogP contribution in [0, 0.1) is 5.92 Å². The van der Waals surface area contributed by atoms with E-state index in [1.807, 2.05) is 0 Å². The fourth-order valence-electron chi connectivity index (χ4n) is 2.17. The average Bonchev–Trinajstić information content (AvgIpc) is 2.14. The Hall–Kier alpha value is -0.260. The zero-order valence-electron chi connectivity index (χ0n) is 8.39. The molecule has 0 heteroatoms. The van der Waals surface area contributed by atoms with Crippen LogP contribution in [-0.4, -0.2) is 0 Å². The van der Waals surface area contributed by atoms with E-state index in [0.717, 1.165) is 5.92 Å². The summed E-state index contributed by atoms with van der Waals surface area (Å²) in [4.78, 5) is 0. The SMILES string of the molecule is C/C=C/CCCC1CCCCC1. The van der Waals surface area contributed by atoms with Crippen molar-refractivity contribution in [2.45, 2.75) is 58.3 Å². The summed E-state index contributed by atoms with van der Waals surface area (Å²) in [6, 6.07) is 0. The molecule has 1 aliphatic carbocycles. The van der Waals surface area contributed by atoms with E-state index in [0.29, 0.717) is 0 Å². The monoisotopic (exact) mass is 166 g/mol. The molecule has 0 aromatic carbocycles. The van der Waals surface area contributed by atoms with Crippen molar-refractivity contribution in [1.82, 2.24) is 0 Å². The van der Waals surface area contributed by atoms with Crippen LogP contribution in [0.15, 0.2) is 12.2 Å². The molecule has 0 nitrogen and oxygen atoms in total. The van der Waals surface area contributed by atoms with Gasteiger partial charge in [0.2, 0.25) is 0 Å². The van der Waals surface area contributed by atoms with Gasteiger partial charge in [-0.2, -0.15) is 0 Å². The lowest BCUT2D eigenvalue weighted by molar-refractivity contribution is 0.333. The largest absolute Gasteiger partial charge is 0.0917 e. The maximum absolute atomic E-state index is 2.29. The molecule has 0 aromatic rings. The van der Waals surface area contributed by atoms with Gasteiger partial charge in [0.25, 0.3) is 0 Å². The van der Waals surface area contributed by atoms with Crippen molar-refractivity contribution >= 4 is 0 Å². The Kier molecular flexibility index (Phi) is 5.14. The molecule has 1 saturated carbocycles. The molecule has 0 heterocycles. The molecular weight excluding hydrogens is 144 g/mol. The highest BCUT2D eigenvalue weighted by Crippen LogP contribution is 2.27. The lowest BCUT2D eigenvalue weighted by Gasteiger charge is -2.20. The summed E-state index contributed by atoms with van der Waals surface area (Å²) < 4.78 is 0. The molecular formula is C12H22. The van der Waals surface area contributed by atoms with Crippen LogP contribution in [0.1, 0.15) is 58.3 Å². The van der Waals surface area contributed by atoms with E-state index in [1.165, 1.54) is 51.4 Å². The van der Waals surface area contributed by atoms with Crippen molar-refractivity contribution in [3.63, 3.8) is 0 Å². The lowest BCUT2D eigenvalue weighted by Crippen LogP contribution is -2.05. The minimum atomic E-state index is 1.07. The molecule has 0 atom stereocenters. The molecule has 0 bridgehead atoms. The van der Waals surface area contributed by atoms with Crippen LogP contribution >= 0.6 is 0 Å². The third kappa shape index (κ3) is 3.94. The molecule has 70 valence electrons. The molecule has 0 N–H and O–H groups in total. The van der Waals surface area contributed by atoms with E-state index in [2.05, 4.69) is 19.1 Å².